The number of carbonyl (C=O) groups excluding carboxylic acids is 1. The van der Waals surface area contributed by atoms with Crippen LogP contribution in [0, 0.1) is 5.92 Å². The largest absolute Gasteiger partial charge is 0.369 e. The molecule has 0 spiro atoms. The van der Waals surface area contributed by atoms with Crippen molar-refractivity contribution in [1.29, 1.82) is 0 Å². The number of thioether (sulfide) groups is 1. The molecule has 0 saturated carbocycles. The van der Waals surface area contributed by atoms with E-state index in [0.717, 1.165) is 40.7 Å². The molecule has 0 unspecified atom stereocenters. The average Bonchev–Trinajstić information content (AvgIpc) is 2.98. The van der Waals surface area contributed by atoms with E-state index < -0.39 is 5.91 Å². The fraction of sp³-hybridized carbons (Fsp3) is 0.316. The molecule has 0 aliphatic heterocycles. The number of benzene rings is 1. The van der Waals surface area contributed by atoms with Crippen LogP contribution < -0.4 is 11.3 Å². The normalized spacial score (nSPS) is 16.6. The van der Waals surface area contributed by atoms with Gasteiger partial charge in [0.15, 0.2) is 5.16 Å². The molecule has 0 bridgehead atoms. The highest BCUT2D eigenvalue weighted by molar-refractivity contribution is 7.99. The van der Waals surface area contributed by atoms with Crippen LogP contribution >= 0.6 is 23.1 Å². The van der Waals surface area contributed by atoms with Crippen LogP contribution in [-0.4, -0.2) is 21.2 Å². The quantitative estimate of drug-likeness (QED) is 0.553. The molecule has 2 N–H and O–H groups in total. The summed E-state index contributed by atoms with van der Waals surface area (Å²) in [7, 11) is 0. The summed E-state index contributed by atoms with van der Waals surface area (Å²) in [6.45, 7) is 2.25. The van der Waals surface area contributed by atoms with Gasteiger partial charge in [0, 0.05) is 4.88 Å². The molecule has 1 amide bonds. The number of hydrogen-bond acceptors (Lipinski definition) is 5. The number of carbonyl (C=O) groups is 1. The van der Waals surface area contributed by atoms with Crippen molar-refractivity contribution in [2.24, 2.45) is 11.7 Å². The van der Waals surface area contributed by atoms with Crippen LogP contribution in [0.4, 0.5) is 0 Å². The molecule has 26 heavy (non-hydrogen) atoms. The van der Waals surface area contributed by atoms with Gasteiger partial charge in [-0.2, -0.15) is 0 Å². The molecule has 2 aromatic heterocycles. The van der Waals surface area contributed by atoms with Crippen molar-refractivity contribution in [3.05, 3.63) is 51.1 Å². The summed E-state index contributed by atoms with van der Waals surface area (Å²) in [6, 6.07) is 9.44. The maximum absolute atomic E-state index is 13.4. The topological polar surface area (TPSA) is 78.0 Å². The van der Waals surface area contributed by atoms with E-state index >= 15 is 0 Å². The highest BCUT2D eigenvalue weighted by Gasteiger charge is 2.25. The summed E-state index contributed by atoms with van der Waals surface area (Å²) in [6.07, 6.45) is 3.03. The number of aryl methyl sites for hydroxylation is 1. The van der Waals surface area contributed by atoms with Crippen molar-refractivity contribution in [2.75, 3.05) is 5.75 Å². The second kappa shape index (κ2) is 6.89. The highest BCUT2D eigenvalue weighted by atomic mass is 32.2. The number of rotatable bonds is 4. The van der Waals surface area contributed by atoms with Gasteiger partial charge in [0.05, 0.1) is 16.8 Å². The van der Waals surface area contributed by atoms with E-state index in [9.17, 15) is 9.59 Å². The molecule has 1 aliphatic carbocycles. The molecule has 4 rings (SSSR count). The molecule has 1 atom stereocenters. The number of hydrogen-bond donors (Lipinski definition) is 1. The third-order valence-electron chi connectivity index (χ3n) is 4.66. The van der Waals surface area contributed by atoms with Crippen LogP contribution in [0.1, 0.15) is 23.8 Å². The Morgan fingerprint density at radius 2 is 2.15 bits per heavy atom. The molecule has 0 fully saturated rings. The molecule has 0 radical (unpaired) electrons. The number of fused-ring (bicyclic) bond motifs is 3. The van der Waals surface area contributed by atoms with Gasteiger partial charge in [0.2, 0.25) is 5.91 Å². The Balaban J connectivity index is 1.96. The third-order valence-corrected chi connectivity index (χ3v) is 6.77. The highest BCUT2D eigenvalue weighted by Crippen LogP contribution is 2.36. The van der Waals surface area contributed by atoms with E-state index in [2.05, 4.69) is 6.92 Å². The van der Waals surface area contributed by atoms with E-state index in [4.69, 9.17) is 10.7 Å². The summed E-state index contributed by atoms with van der Waals surface area (Å²) in [5.41, 5.74) is 7.16. The number of nitrogens with two attached hydrogens (primary N) is 1. The molecule has 1 aromatic carbocycles. The second-order valence-corrected chi connectivity index (χ2v) is 8.68. The molecule has 7 heteroatoms. The number of thiophene rings is 1. The Morgan fingerprint density at radius 3 is 2.88 bits per heavy atom. The molecule has 0 saturated heterocycles. The zero-order valence-electron chi connectivity index (χ0n) is 14.4. The number of nitrogens with zero attached hydrogens (tertiary/aromatic N) is 2. The van der Waals surface area contributed by atoms with Gasteiger partial charge >= 0.3 is 0 Å². The van der Waals surface area contributed by atoms with Crippen LogP contribution in [0.3, 0.4) is 0 Å². The molecule has 2 heterocycles. The van der Waals surface area contributed by atoms with E-state index in [1.54, 1.807) is 15.9 Å². The van der Waals surface area contributed by atoms with E-state index in [1.165, 1.54) is 16.6 Å². The van der Waals surface area contributed by atoms with Gasteiger partial charge in [-0.3, -0.25) is 14.2 Å². The second-order valence-electron chi connectivity index (χ2n) is 6.66. The van der Waals surface area contributed by atoms with Gasteiger partial charge in [-0.15, -0.1) is 11.3 Å². The lowest BCUT2D eigenvalue weighted by Crippen LogP contribution is -2.23. The SMILES string of the molecule is C[C@H]1CCc2c(sc3nc(SCC(N)=O)n(-c4ccccc4)c(=O)c23)C1. The number of amides is 1. The zero-order valence-corrected chi connectivity index (χ0v) is 16.0. The van der Waals surface area contributed by atoms with Crippen LogP contribution in [0.15, 0.2) is 40.3 Å². The predicted molar refractivity (Wildman–Crippen MR) is 106 cm³/mol. The summed E-state index contributed by atoms with van der Waals surface area (Å²) >= 11 is 2.83. The Morgan fingerprint density at radius 1 is 1.38 bits per heavy atom. The van der Waals surface area contributed by atoms with Gasteiger partial charge in [-0.05, 0) is 42.9 Å². The van der Waals surface area contributed by atoms with E-state index in [-0.39, 0.29) is 11.3 Å². The van der Waals surface area contributed by atoms with Gasteiger partial charge in [-0.25, -0.2) is 4.98 Å². The van der Waals surface area contributed by atoms with Crippen molar-refractivity contribution in [3.63, 3.8) is 0 Å². The first-order chi connectivity index (χ1) is 12.5. The van der Waals surface area contributed by atoms with Crippen molar-refractivity contribution >= 4 is 39.2 Å². The van der Waals surface area contributed by atoms with Crippen molar-refractivity contribution in [1.82, 2.24) is 9.55 Å². The fourth-order valence-electron chi connectivity index (χ4n) is 3.41. The van der Waals surface area contributed by atoms with E-state index in [0.29, 0.717) is 11.1 Å². The number of primary amides is 1. The molecule has 1 aliphatic rings. The average molecular weight is 386 g/mol. The zero-order chi connectivity index (χ0) is 18.3. The molecule has 5 nitrogen and oxygen atoms in total. The minimum atomic E-state index is -0.428. The Kier molecular flexibility index (Phi) is 4.58. The Hall–Kier alpha value is -2.12. The minimum absolute atomic E-state index is 0.0553. The maximum Gasteiger partial charge on any atom is 0.267 e. The predicted octanol–water partition coefficient (Wildman–Crippen LogP) is 3.15. The maximum atomic E-state index is 13.4. The van der Waals surface area contributed by atoms with Gasteiger partial charge in [0.25, 0.3) is 5.56 Å². The lowest BCUT2D eigenvalue weighted by molar-refractivity contribution is -0.115. The Bertz CT molecular complexity index is 1040. The van der Waals surface area contributed by atoms with E-state index in [1.807, 2.05) is 30.3 Å². The number of aromatic nitrogens is 2. The monoisotopic (exact) mass is 385 g/mol. The lowest BCUT2D eigenvalue weighted by Gasteiger charge is -2.17. The fourth-order valence-corrected chi connectivity index (χ4v) is 5.58. The van der Waals surface area contributed by atoms with Crippen molar-refractivity contribution in [2.45, 2.75) is 31.3 Å². The summed E-state index contributed by atoms with van der Waals surface area (Å²) in [5, 5.41) is 1.25. The van der Waals surface area contributed by atoms with Gasteiger partial charge in [-0.1, -0.05) is 36.9 Å². The first-order valence-electron chi connectivity index (χ1n) is 8.58. The van der Waals surface area contributed by atoms with Crippen LogP contribution in [0.5, 0.6) is 0 Å². The minimum Gasteiger partial charge on any atom is -0.369 e. The molecule has 134 valence electrons. The van der Waals surface area contributed by atoms with Crippen LogP contribution in [0.2, 0.25) is 0 Å². The smallest absolute Gasteiger partial charge is 0.267 e. The lowest BCUT2D eigenvalue weighted by atomic mass is 9.89. The van der Waals surface area contributed by atoms with Gasteiger partial charge in [0.1, 0.15) is 4.83 Å². The molecular weight excluding hydrogens is 366 g/mol. The molecular formula is C19H19N3O2S2. The molecule has 3 aromatic rings. The Labute approximate surface area is 159 Å². The van der Waals surface area contributed by atoms with Crippen LogP contribution in [0.25, 0.3) is 15.9 Å². The standard InChI is InChI=1S/C19H19N3O2S2/c1-11-7-8-13-14(9-11)26-17-16(13)18(24)22(12-5-3-2-4-6-12)19(21-17)25-10-15(20)23/h2-6,11H,7-10H2,1H3,(H2,20,23)/t11-/m0/s1. The third kappa shape index (κ3) is 3.05. The number of para-hydroxylation sites is 1. The van der Waals surface area contributed by atoms with Crippen LogP contribution in [-0.2, 0) is 17.6 Å². The van der Waals surface area contributed by atoms with Crippen molar-refractivity contribution in [3.8, 4) is 5.69 Å². The first-order valence-corrected chi connectivity index (χ1v) is 10.4. The summed E-state index contributed by atoms with van der Waals surface area (Å²) in [5.74, 6) is 0.297. The summed E-state index contributed by atoms with van der Waals surface area (Å²) < 4.78 is 1.61. The van der Waals surface area contributed by atoms with Crippen molar-refractivity contribution < 1.29 is 4.79 Å². The van der Waals surface area contributed by atoms with Gasteiger partial charge < -0.3 is 5.73 Å². The summed E-state index contributed by atoms with van der Waals surface area (Å²) in [4.78, 5) is 31.5. The first kappa shape index (κ1) is 17.3.